The van der Waals surface area contributed by atoms with Gasteiger partial charge >= 0.3 is 0 Å². The first-order chi connectivity index (χ1) is 9.29. The SMILES string of the molecule is Cc1cc(C(=O)NC2CCCC2)cc(S(=O)(=O)Cl)c1Cl. The lowest BCUT2D eigenvalue weighted by molar-refractivity contribution is 0.0937. The molecule has 1 aromatic rings. The lowest BCUT2D eigenvalue weighted by Gasteiger charge is -2.13. The maximum Gasteiger partial charge on any atom is 0.262 e. The number of hydrogen-bond donors (Lipinski definition) is 1. The highest BCUT2D eigenvalue weighted by Crippen LogP contribution is 2.29. The molecule has 1 aromatic carbocycles. The molecule has 1 fully saturated rings. The van der Waals surface area contributed by atoms with E-state index in [0.29, 0.717) is 5.56 Å². The molecule has 0 bridgehead atoms. The quantitative estimate of drug-likeness (QED) is 0.862. The van der Waals surface area contributed by atoms with Crippen LogP contribution < -0.4 is 5.32 Å². The van der Waals surface area contributed by atoms with Crippen LogP contribution >= 0.6 is 22.3 Å². The van der Waals surface area contributed by atoms with Crippen molar-refractivity contribution in [2.75, 3.05) is 0 Å². The third-order valence-corrected chi connectivity index (χ3v) is 5.40. The van der Waals surface area contributed by atoms with Gasteiger partial charge < -0.3 is 5.32 Å². The van der Waals surface area contributed by atoms with E-state index < -0.39 is 9.05 Å². The molecule has 110 valence electrons. The van der Waals surface area contributed by atoms with Crippen LogP contribution in [0.2, 0.25) is 5.02 Å². The molecule has 2 rings (SSSR count). The Kier molecular flexibility index (Phi) is 4.62. The highest BCUT2D eigenvalue weighted by atomic mass is 35.7. The van der Waals surface area contributed by atoms with Gasteiger partial charge in [-0.15, -0.1) is 0 Å². The Morgan fingerprint density at radius 3 is 2.45 bits per heavy atom. The molecule has 0 spiro atoms. The minimum Gasteiger partial charge on any atom is -0.349 e. The van der Waals surface area contributed by atoms with E-state index in [0.717, 1.165) is 25.7 Å². The maximum absolute atomic E-state index is 12.2. The molecule has 0 aromatic heterocycles. The summed E-state index contributed by atoms with van der Waals surface area (Å²) in [7, 11) is 1.36. The Morgan fingerprint density at radius 2 is 1.90 bits per heavy atom. The van der Waals surface area contributed by atoms with Crippen molar-refractivity contribution < 1.29 is 13.2 Å². The number of carbonyl (C=O) groups excluding carboxylic acids is 1. The van der Waals surface area contributed by atoms with Crippen LogP contribution in [0.3, 0.4) is 0 Å². The third kappa shape index (κ3) is 3.45. The first-order valence-electron chi connectivity index (χ1n) is 6.34. The normalized spacial score (nSPS) is 16.4. The molecule has 1 amide bonds. The topological polar surface area (TPSA) is 63.2 Å². The summed E-state index contributed by atoms with van der Waals surface area (Å²) >= 11 is 5.93. The van der Waals surface area contributed by atoms with Gasteiger partial charge in [0.2, 0.25) is 0 Å². The van der Waals surface area contributed by atoms with Crippen LogP contribution in [0.1, 0.15) is 41.6 Å². The fraction of sp³-hybridized carbons (Fsp3) is 0.462. The van der Waals surface area contributed by atoms with Gasteiger partial charge in [0.05, 0.1) is 5.02 Å². The van der Waals surface area contributed by atoms with Crippen LogP contribution in [-0.2, 0) is 9.05 Å². The standard InChI is InChI=1S/C13H15Cl2NO3S/c1-8-6-9(7-11(12(8)14)20(15,18)19)13(17)16-10-4-2-3-5-10/h6-7,10H,2-5H2,1H3,(H,16,17). The molecule has 0 unspecified atom stereocenters. The molecule has 0 saturated heterocycles. The van der Waals surface area contributed by atoms with E-state index in [-0.39, 0.29) is 27.4 Å². The summed E-state index contributed by atoms with van der Waals surface area (Å²) in [6.45, 7) is 1.64. The number of amides is 1. The molecule has 0 heterocycles. The van der Waals surface area contributed by atoms with Crippen molar-refractivity contribution >= 4 is 37.2 Å². The predicted molar refractivity (Wildman–Crippen MR) is 79.0 cm³/mol. The molecule has 20 heavy (non-hydrogen) atoms. The van der Waals surface area contributed by atoms with E-state index in [2.05, 4.69) is 5.32 Å². The fourth-order valence-corrected chi connectivity index (χ4v) is 3.92. The van der Waals surface area contributed by atoms with Crippen LogP contribution in [0.25, 0.3) is 0 Å². The minimum atomic E-state index is -3.98. The van der Waals surface area contributed by atoms with E-state index in [4.69, 9.17) is 22.3 Å². The summed E-state index contributed by atoms with van der Waals surface area (Å²) < 4.78 is 22.9. The summed E-state index contributed by atoms with van der Waals surface area (Å²) in [6, 6.07) is 2.95. The third-order valence-electron chi connectivity index (χ3n) is 3.44. The lowest BCUT2D eigenvalue weighted by atomic mass is 10.1. The van der Waals surface area contributed by atoms with Crippen molar-refractivity contribution in [1.82, 2.24) is 5.32 Å². The zero-order valence-electron chi connectivity index (χ0n) is 10.9. The van der Waals surface area contributed by atoms with Crippen molar-refractivity contribution in [3.05, 3.63) is 28.3 Å². The van der Waals surface area contributed by atoms with Crippen molar-refractivity contribution in [3.8, 4) is 0 Å². The minimum absolute atomic E-state index is 0.0532. The summed E-state index contributed by atoms with van der Waals surface area (Å²) in [5, 5.41) is 2.95. The summed E-state index contributed by atoms with van der Waals surface area (Å²) in [4.78, 5) is 11.9. The first kappa shape index (κ1) is 15.6. The average molecular weight is 336 g/mol. The average Bonchev–Trinajstić information content (AvgIpc) is 2.83. The zero-order valence-corrected chi connectivity index (χ0v) is 13.3. The van der Waals surface area contributed by atoms with Gasteiger partial charge in [0.25, 0.3) is 15.0 Å². The number of carbonyl (C=O) groups is 1. The van der Waals surface area contributed by atoms with Crippen LogP contribution in [0, 0.1) is 6.92 Å². The molecule has 4 nitrogen and oxygen atoms in total. The van der Waals surface area contributed by atoms with Crippen LogP contribution in [0.15, 0.2) is 17.0 Å². The van der Waals surface area contributed by atoms with E-state index in [1.54, 1.807) is 13.0 Å². The number of hydrogen-bond acceptors (Lipinski definition) is 3. The molecule has 0 atom stereocenters. The maximum atomic E-state index is 12.2. The van der Waals surface area contributed by atoms with Gasteiger partial charge in [-0.05, 0) is 37.5 Å². The van der Waals surface area contributed by atoms with E-state index in [1.165, 1.54) is 6.07 Å². The number of aryl methyl sites for hydroxylation is 1. The van der Waals surface area contributed by atoms with Crippen molar-refractivity contribution in [2.24, 2.45) is 0 Å². The Morgan fingerprint density at radius 1 is 1.30 bits per heavy atom. The fourth-order valence-electron chi connectivity index (χ4n) is 2.38. The van der Waals surface area contributed by atoms with Gasteiger partial charge in [-0.1, -0.05) is 24.4 Å². The van der Waals surface area contributed by atoms with Gasteiger partial charge in [-0.2, -0.15) is 0 Å². The second-order valence-corrected chi connectivity index (χ2v) is 7.91. The summed E-state index contributed by atoms with van der Waals surface area (Å²) in [5.74, 6) is -0.293. The predicted octanol–water partition coefficient (Wildman–Crippen LogP) is 3.25. The zero-order chi connectivity index (χ0) is 14.9. The van der Waals surface area contributed by atoms with Gasteiger partial charge in [-0.25, -0.2) is 8.42 Å². The summed E-state index contributed by atoms with van der Waals surface area (Å²) in [5.41, 5.74) is 0.767. The van der Waals surface area contributed by atoms with Crippen LogP contribution in [-0.4, -0.2) is 20.4 Å². The highest BCUT2D eigenvalue weighted by molar-refractivity contribution is 8.13. The van der Waals surface area contributed by atoms with Gasteiger partial charge in [0.15, 0.2) is 0 Å². The molecular formula is C13H15Cl2NO3S. The monoisotopic (exact) mass is 335 g/mol. The smallest absolute Gasteiger partial charge is 0.262 e. The van der Waals surface area contributed by atoms with Crippen LogP contribution in [0.4, 0.5) is 0 Å². The second kappa shape index (κ2) is 5.92. The largest absolute Gasteiger partial charge is 0.349 e. The molecule has 1 saturated carbocycles. The molecular weight excluding hydrogens is 321 g/mol. The Labute approximate surface area is 127 Å². The Hall–Kier alpha value is -0.780. The molecule has 0 aliphatic heterocycles. The number of halogens is 2. The van der Waals surface area contributed by atoms with Crippen LogP contribution in [0.5, 0.6) is 0 Å². The van der Waals surface area contributed by atoms with Crippen molar-refractivity contribution in [3.63, 3.8) is 0 Å². The van der Waals surface area contributed by atoms with Gasteiger partial charge in [-0.3, -0.25) is 4.79 Å². The molecule has 1 N–H and O–H groups in total. The Bertz CT molecular complexity index is 637. The van der Waals surface area contributed by atoms with E-state index >= 15 is 0 Å². The Balaban J connectivity index is 2.32. The van der Waals surface area contributed by atoms with Gasteiger partial charge in [0.1, 0.15) is 4.90 Å². The molecule has 1 aliphatic rings. The number of rotatable bonds is 3. The number of nitrogens with one attached hydrogen (secondary N) is 1. The second-order valence-electron chi connectivity index (χ2n) is 5.00. The van der Waals surface area contributed by atoms with Crippen molar-refractivity contribution in [2.45, 2.75) is 43.5 Å². The molecule has 0 radical (unpaired) electrons. The number of benzene rings is 1. The summed E-state index contributed by atoms with van der Waals surface area (Å²) in [6.07, 6.45) is 4.12. The van der Waals surface area contributed by atoms with E-state index in [9.17, 15) is 13.2 Å². The lowest BCUT2D eigenvalue weighted by Crippen LogP contribution is -2.32. The molecule has 7 heteroatoms. The van der Waals surface area contributed by atoms with E-state index in [1.807, 2.05) is 0 Å². The first-order valence-corrected chi connectivity index (χ1v) is 9.03. The van der Waals surface area contributed by atoms with Gasteiger partial charge in [0, 0.05) is 22.3 Å². The molecule has 1 aliphatic carbocycles. The van der Waals surface area contributed by atoms with Crippen molar-refractivity contribution in [1.29, 1.82) is 0 Å². The highest BCUT2D eigenvalue weighted by Gasteiger charge is 2.22.